The number of amides is 1. The molecule has 29 heavy (non-hydrogen) atoms. The van der Waals surface area contributed by atoms with E-state index in [1.165, 1.54) is 31.0 Å². The lowest BCUT2D eigenvalue weighted by Gasteiger charge is -2.24. The highest BCUT2D eigenvalue weighted by Gasteiger charge is 2.30. The van der Waals surface area contributed by atoms with Crippen molar-refractivity contribution < 1.29 is 17.9 Å². The van der Waals surface area contributed by atoms with Gasteiger partial charge < -0.3 is 10.1 Å². The molecule has 1 aromatic carbocycles. The number of amidine groups is 1. The van der Waals surface area contributed by atoms with E-state index in [1.54, 1.807) is 6.26 Å². The first-order valence-corrected chi connectivity index (χ1v) is 11.9. The molecule has 7 nitrogen and oxygen atoms in total. The zero-order valence-corrected chi connectivity index (χ0v) is 18.3. The Labute approximate surface area is 175 Å². The Morgan fingerprint density at radius 2 is 1.97 bits per heavy atom. The minimum Gasteiger partial charge on any atom is -0.453 e. The lowest BCUT2D eigenvalue weighted by atomic mass is 9.92. The van der Waals surface area contributed by atoms with E-state index in [4.69, 9.17) is 5.41 Å². The molecule has 2 N–H and O–H groups in total. The molecule has 0 heterocycles. The van der Waals surface area contributed by atoms with E-state index >= 15 is 0 Å². The number of aliphatic imine (C=N–C) groups is 1. The van der Waals surface area contributed by atoms with Gasteiger partial charge in [0.05, 0.1) is 23.5 Å². The van der Waals surface area contributed by atoms with Gasteiger partial charge in [-0.3, -0.25) is 5.32 Å². The number of hydrogen-bond acceptors (Lipinski definition) is 7. The number of thioether (sulfide) groups is 1. The van der Waals surface area contributed by atoms with E-state index in [2.05, 4.69) is 15.0 Å². The number of methoxy groups -OCH3 is 1. The Hall–Kier alpha value is -2.39. The maximum Gasteiger partial charge on any atom is 0.412 e. The Bertz CT molecular complexity index is 951. The van der Waals surface area contributed by atoms with Gasteiger partial charge in [-0.1, -0.05) is 49.0 Å². The van der Waals surface area contributed by atoms with Crippen LogP contribution >= 0.6 is 11.8 Å². The summed E-state index contributed by atoms with van der Waals surface area (Å²) in [7, 11) is -2.28. The fraction of sp³-hybridized carbons (Fsp3) is 0.350. The van der Waals surface area contributed by atoms with Crippen molar-refractivity contribution in [3.63, 3.8) is 0 Å². The average Bonchev–Trinajstić information content (AvgIpc) is 2.70. The fourth-order valence-electron chi connectivity index (χ4n) is 2.91. The molecule has 0 fully saturated rings. The predicted octanol–water partition coefficient (Wildman–Crippen LogP) is 3.34. The number of ether oxygens (including phenoxy) is 1. The first-order chi connectivity index (χ1) is 13.8. The third-order valence-electron chi connectivity index (χ3n) is 4.23. The molecule has 1 aliphatic carbocycles. The van der Waals surface area contributed by atoms with Gasteiger partial charge in [-0.05, 0) is 42.4 Å². The first-order valence-electron chi connectivity index (χ1n) is 9.05. The minimum absolute atomic E-state index is 0.0184. The number of allylic oxidation sites excluding steroid dienone is 1. The van der Waals surface area contributed by atoms with Gasteiger partial charge in [-0.25, -0.2) is 18.2 Å². The van der Waals surface area contributed by atoms with Crippen LogP contribution in [-0.2, 0) is 21.0 Å². The normalized spacial score (nSPS) is 17.4. The van der Waals surface area contributed by atoms with Crippen molar-refractivity contribution in [3.05, 3.63) is 58.5 Å². The van der Waals surface area contributed by atoms with Gasteiger partial charge >= 0.3 is 6.09 Å². The SMILES string of the molecule is CCCS(=O)(=O)C1=C(Cc2ccccc2)C(N=C(NC(=O)OC)SC)C(=N)C=C1. The zero-order valence-electron chi connectivity index (χ0n) is 16.6. The van der Waals surface area contributed by atoms with Crippen LogP contribution in [0.3, 0.4) is 0 Å². The highest BCUT2D eigenvalue weighted by molar-refractivity contribution is 8.13. The van der Waals surface area contributed by atoms with Gasteiger partial charge in [-0.15, -0.1) is 0 Å². The Kier molecular flexibility index (Phi) is 8.21. The van der Waals surface area contributed by atoms with E-state index in [-0.39, 0.29) is 21.5 Å². The number of carbonyl (C=O) groups excluding carboxylic acids is 1. The number of hydrogen-bond donors (Lipinski definition) is 2. The molecule has 0 aromatic heterocycles. The number of alkyl carbamates (subject to hydrolysis) is 1. The maximum atomic E-state index is 12.9. The lowest BCUT2D eigenvalue weighted by Crippen LogP contribution is -2.33. The largest absolute Gasteiger partial charge is 0.453 e. The summed E-state index contributed by atoms with van der Waals surface area (Å²) in [5.74, 6) is 0.0184. The van der Waals surface area contributed by atoms with Crippen molar-refractivity contribution in [2.24, 2.45) is 4.99 Å². The van der Waals surface area contributed by atoms with E-state index in [1.807, 2.05) is 37.3 Å². The number of nitrogens with zero attached hydrogens (tertiary/aromatic N) is 1. The van der Waals surface area contributed by atoms with Crippen molar-refractivity contribution in [2.75, 3.05) is 19.1 Å². The highest BCUT2D eigenvalue weighted by Crippen LogP contribution is 2.29. The molecule has 0 radical (unpaired) electrons. The molecule has 0 saturated heterocycles. The second kappa shape index (κ2) is 10.4. The summed E-state index contributed by atoms with van der Waals surface area (Å²) in [5, 5.41) is 11.1. The summed E-state index contributed by atoms with van der Waals surface area (Å²) in [4.78, 5) is 16.3. The molecule has 156 valence electrons. The van der Waals surface area contributed by atoms with Crippen LogP contribution < -0.4 is 5.32 Å². The van der Waals surface area contributed by atoms with Gasteiger partial charge in [0.25, 0.3) is 0 Å². The summed E-state index contributed by atoms with van der Waals surface area (Å²) < 4.78 is 30.4. The van der Waals surface area contributed by atoms with E-state index in [9.17, 15) is 13.2 Å². The molecule has 1 amide bonds. The molecule has 0 aliphatic heterocycles. The maximum absolute atomic E-state index is 12.9. The van der Waals surface area contributed by atoms with Crippen molar-refractivity contribution >= 4 is 38.6 Å². The van der Waals surface area contributed by atoms with Gasteiger partial charge in [0.1, 0.15) is 6.04 Å². The van der Waals surface area contributed by atoms with Gasteiger partial charge in [0, 0.05) is 0 Å². The molecular weight excluding hydrogens is 410 g/mol. The van der Waals surface area contributed by atoms with Crippen LogP contribution in [0.1, 0.15) is 18.9 Å². The van der Waals surface area contributed by atoms with Crippen LogP contribution in [0.2, 0.25) is 0 Å². The fourth-order valence-corrected chi connectivity index (χ4v) is 4.92. The van der Waals surface area contributed by atoms with E-state index < -0.39 is 22.0 Å². The summed E-state index contributed by atoms with van der Waals surface area (Å²) >= 11 is 1.18. The van der Waals surface area contributed by atoms with E-state index in [0.717, 1.165) is 5.56 Å². The standard InChI is InChI=1S/C20H25N3O4S2/c1-4-12-29(25,26)17-11-10-16(21)18(22-19(28-3)23-20(24)27-2)15(17)13-14-8-6-5-7-9-14/h5-11,18,21H,4,12-13H2,1-3H3,(H,22,23,24). The third kappa shape index (κ3) is 6.04. The minimum atomic E-state index is -3.52. The van der Waals surface area contributed by atoms with Crippen LogP contribution in [0.25, 0.3) is 0 Å². The highest BCUT2D eigenvalue weighted by atomic mass is 32.2. The Morgan fingerprint density at radius 1 is 1.28 bits per heavy atom. The molecule has 1 aliphatic rings. The smallest absolute Gasteiger partial charge is 0.412 e. The predicted molar refractivity (Wildman–Crippen MR) is 118 cm³/mol. The summed E-state index contributed by atoms with van der Waals surface area (Å²) in [5.41, 5.74) is 1.60. The Balaban J connectivity index is 2.59. The van der Waals surface area contributed by atoms with Gasteiger partial charge in [0.15, 0.2) is 15.0 Å². The van der Waals surface area contributed by atoms with Crippen LogP contribution in [0.15, 0.2) is 58.0 Å². The molecule has 0 spiro atoms. The van der Waals surface area contributed by atoms with Gasteiger partial charge in [-0.2, -0.15) is 0 Å². The average molecular weight is 436 g/mol. The Morgan fingerprint density at radius 3 is 2.55 bits per heavy atom. The molecule has 1 unspecified atom stereocenters. The van der Waals surface area contributed by atoms with Crippen molar-refractivity contribution in [2.45, 2.75) is 25.8 Å². The number of benzene rings is 1. The van der Waals surface area contributed by atoms with Crippen LogP contribution in [0, 0.1) is 5.41 Å². The van der Waals surface area contributed by atoms with Crippen LogP contribution in [-0.4, -0.2) is 50.6 Å². The topological polar surface area (TPSA) is 109 Å². The molecule has 9 heteroatoms. The van der Waals surface area contributed by atoms with Crippen molar-refractivity contribution in [1.29, 1.82) is 5.41 Å². The summed E-state index contributed by atoms with van der Waals surface area (Å²) in [6, 6.07) is 8.64. The molecule has 0 saturated carbocycles. The molecule has 1 aromatic rings. The van der Waals surface area contributed by atoms with Gasteiger partial charge in [0.2, 0.25) is 0 Å². The number of sulfone groups is 1. The number of nitrogens with one attached hydrogen (secondary N) is 2. The summed E-state index contributed by atoms with van der Waals surface area (Å²) in [6.07, 6.45) is 4.82. The molecule has 0 bridgehead atoms. The second-order valence-electron chi connectivity index (χ2n) is 6.32. The second-order valence-corrected chi connectivity index (χ2v) is 9.19. The quantitative estimate of drug-likeness (QED) is 0.526. The molecule has 1 atom stereocenters. The molecule has 2 rings (SSSR count). The van der Waals surface area contributed by atoms with Crippen LogP contribution in [0.4, 0.5) is 4.79 Å². The third-order valence-corrected chi connectivity index (χ3v) is 6.84. The van der Waals surface area contributed by atoms with Crippen LogP contribution in [0.5, 0.6) is 0 Å². The molecular formula is C20H25N3O4S2. The number of rotatable bonds is 6. The summed E-state index contributed by atoms with van der Waals surface area (Å²) in [6.45, 7) is 1.81. The zero-order chi connectivity index (χ0) is 21.4. The van der Waals surface area contributed by atoms with E-state index in [0.29, 0.717) is 18.4 Å². The van der Waals surface area contributed by atoms with Crippen molar-refractivity contribution in [3.8, 4) is 0 Å². The van der Waals surface area contributed by atoms with Crippen molar-refractivity contribution in [1.82, 2.24) is 5.32 Å². The number of carbonyl (C=O) groups is 1. The lowest BCUT2D eigenvalue weighted by molar-refractivity contribution is 0.177. The first kappa shape index (κ1) is 22.9. The monoisotopic (exact) mass is 435 g/mol.